The third-order valence-corrected chi connectivity index (χ3v) is 3.04. The van der Waals surface area contributed by atoms with E-state index in [4.69, 9.17) is 11.5 Å². The number of nitrogens with zero attached hydrogens (tertiary/aromatic N) is 2. The van der Waals surface area contributed by atoms with Gasteiger partial charge in [-0.05, 0) is 11.4 Å². The zero-order valence-electron chi connectivity index (χ0n) is 10.00. The largest absolute Gasteiger partial charge is 0.480 e. The average Bonchev–Trinajstić information content (AvgIpc) is 2.79. The van der Waals surface area contributed by atoms with Crippen LogP contribution < -0.4 is 0 Å². The summed E-state index contributed by atoms with van der Waals surface area (Å²) in [7, 11) is 1.62. The molecule has 1 heterocycles. The first-order valence-electron chi connectivity index (χ1n) is 5.22. The SMILES string of the molecule is C#CCN(CC(=O)O)C(=O)N(C)Cc1cccs1. The van der Waals surface area contributed by atoms with Gasteiger partial charge in [-0.15, -0.1) is 17.8 Å². The van der Waals surface area contributed by atoms with Crippen molar-refractivity contribution in [3.63, 3.8) is 0 Å². The number of amides is 2. The summed E-state index contributed by atoms with van der Waals surface area (Å²) in [6.07, 6.45) is 5.13. The summed E-state index contributed by atoms with van der Waals surface area (Å²) in [4.78, 5) is 26.2. The molecule has 96 valence electrons. The van der Waals surface area contributed by atoms with Crippen molar-refractivity contribution < 1.29 is 14.7 Å². The van der Waals surface area contributed by atoms with Gasteiger partial charge in [0.1, 0.15) is 6.54 Å². The number of carbonyl (C=O) groups is 2. The lowest BCUT2D eigenvalue weighted by atomic mass is 10.4. The molecule has 0 bridgehead atoms. The zero-order chi connectivity index (χ0) is 13.5. The van der Waals surface area contributed by atoms with Crippen LogP contribution in [0.25, 0.3) is 0 Å². The molecule has 2 amide bonds. The zero-order valence-corrected chi connectivity index (χ0v) is 10.8. The number of carboxylic acid groups (broad SMARTS) is 1. The Labute approximate surface area is 110 Å². The second kappa shape index (κ2) is 6.67. The normalized spacial score (nSPS) is 9.56. The molecule has 0 saturated heterocycles. The Morgan fingerprint density at radius 1 is 1.56 bits per heavy atom. The van der Waals surface area contributed by atoms with Crippen molar-refractivity contribution in [1.29, 1.82) is 0 Å². The highest BCUT2D eigenvalue weighted by Gasteiger charge is 2.19. The van der Waals surface area contributed by atoms with E-state index in [1.165, 1.54) is 16.2 Å². The summed E-state index contributed by atoms with van der Waals surface area (Å²) >= 11 is 1.54. The molecule has 18 heavy (non-hydrogen) atoms. The summed E-state index contributed by atoms with van der Waals surface area (Å²) in [5.74, 6) is 1.21. The predicted octanol–water partition coefficient (Wildman–Crippen LogP) is 1.32. The van der Waals surface area contributed by atoms with Crippen molar-refractivity contribution in [2.24, 2.45) is 0 Å². The van der Waals surface area contributed by atoms with Crippen LogP contribution in [0.4, 0.5) is 4.79 Å². The molecule has 0 atom stereocenters. The minimum Gasteiger partial charge on any atom is -0.480 e. The smallest absolute Gasteiger partial charge is 0.323 e. The highest BCUT2D eigenvalue weighted by atomic mass is 32.1. The first kappa shape index (κ1) is 14.1. The maximum Gasteiger partial charge on any atom is 0.323 e. The van der Waals surface area contributed by atoms with Gasteiger partial charge < -0.3 is 14.9 Å². The molecule has 0 radical (unpaired) electrons. The first-order chi connectivity index (χ1) is 8.54. The van der Waals surface area contributed by atoms with Crippen molar-refractivity contribution in [2.75, 3.05) is 20.1 Å². The van der Waals surface area contributed by atoms with E-state index in [0.717, 1.165) is 9.78 Å². The molecule has 0 aromatic carbocycles. The Hall–Kier alpha value is -2.00. The fraction of sp³-hybridized carbons (Fsp3) is 0.333. The molecule has 0 unspecified atom stereocenters. The number of rotatable bonds is 5. The lowest BCUT2D eigenvalue weighted by molar-refractivity contribution is -0.137. The van der Waals surface area contributed by atoms with E-state index < -0.39 is 12.5 Å². The molecule has 1 aromatic rings. The number of carbonyl (C=O) groups excluding carboxylic acids is 1. The Morgan fingerprint density at radius 3 is 2.78 bits per heavy atom. The van der Waals surface area contributed by atoms with Gasteiger partial charge in [0, 0.05) is 11.9 Å². The quantitative estimate of drug-likeness (QED) is 0.818. The lowest BCUT2D eigenvalue weighted by Crippen LogP contribution is -2.43. The molecule has 6 heteroatoms. The topological polar surface area (TPSA) is 60.9 Å². The second-order valence-corrected chi connectivity index (χ2v) is 4.70. The van der Waals surface area contributed by atoms with Gasteiger partial charge in [0.05, 0.1) is 13.1 Å². The maximum absolute atomic E-state index is 12.0. The van der Waals surface area contributed by atoms with Crippen LogP contribution in [-0.2, 0) is 11.3 Å². The van der Waals surface area contributed by atoms with Crippen LogP contribution in [0.3, 0.4) is 0 Å². The van der Waals surface area contributed by atoms with Gasteiger partial charge >= 0.3 is 12.0 Å². The van der Waals surface area contributed by atoms with Crippen LogP contribution in [0.5, 0.6) is 0 Å². The molecule has 1 rings (SSSR count). The minimum atomic E-state index is -1.08. The van der Waals surface area contributed by atoms with Crippen LogP contribution in [-0.4, -0.2) is 47.0 Å². The van der Waals surface area contributed by atoms with Gasteiger partial charge in [0.2, 0.25) is 0 Å². The summed E-state index contributed by atoms with van der Waals surface area (Å²) < 4.78 is 0. The van der Waals surface area contributed by atoms with E-state index in [9.17, 15) is 9.59 Å². The van der Waals surface area contributed by atoms with E-state index in [2.05, 4.69) is 5.92 Å². The fourth-order valence-corrected chi connectivity index (χ4v) is 2.17. The van der Waals surface area contributed by atoms with Gasteiger partial charge in [-0.3, -0.25) is 4.79 Å². The Morgan fingerprint density at radius 2 is 2.28 bits per heavy atom. The fourth-order valence-electron chi connectivity index (χ4n) is 1.41. The molecular formula is C12H14N2O3S. The Bertz CT molecular complexity index is 450. The van der Waals surface area contributed by atoms with Crippen LogP contribution in [0.2, 0.25) is 0 Å². The van der Waals surface area contributed by atoms with Gasteiger partial charge in [-0.2, -0.15) is 0 Å². The molecule has 0 aliphatic carbocycles. The van der Waals surface area contributed by atoms with Crippen molar-refractivity contribution >= 4 is 23.3 Å². The van der Waals surface area contributed by atoms with E-state index >= 15 is 0 Å². The molecule has 0 spiro atoms. The number of thiophene rings is 1. The van der Waals surface area contributed by atoms with Gasteiger partial charge in [-0.1, -0.05) is 12.0 Å². The minimum absolute atomic E-state index is 0.0140. The molecule has 0 saturated carbocycles. The monoisotopic (exact) mass is 266 g/mol. The van der Waals surface area contributed by atoms with Crippen molar-refractivity contribution in [2.45, 2.75) is 6.54 Å². The lowest BCUT2D eigenvalue weighted by Gasteiger charge is -2.25. The highest BCUT2D eigenvalue weighted by molar-refractivity contribution is 7.09. The standard InChI is InChI=1S/C12H14N2O3S/c1-3-6-14(9-11(15)16)12(17)13(2)8-10-5-4-7-18-10/h1,4-5,7H,6,8-9H2,2H3,(H,15,16). The van der Waals surface area contributed by atoms with E-state index in [1.54, 1.807) is 7.05 Å². The molecule has 1 aromatic heterocycles. The van der Waals surface area contributed by atoms with Gasteiger partial charge in [0.25, 0.3) is 0 Å². The molecule has 0 aliphatic heterocycles. The van der Waals surface area contributed by atoms with Crippen molar-refractivity contribution in [3.8, 4) is 12.3 Å². The van der Waals surface area contributed by atoms with Gasteiger partial charge in [-0.25, -0.2) is 4.79 Å². The van der Waals surface area contributed by atoms with E-state index in [0.29, 0.717) is 6.54 Å². The number of carboxylic acids is 1. The number of urea groups is 1. The molecule has 0 fully saturated rings. The van der Waals surface area contributed by atoms with Crippen molar-refractivity contribution in [1.82, 2.24) is 9.80 Å². The second-order valence-electron chi connectivity index (χ2n) is 3.67. The van der Waals surface area contributed by atoms with Crippen molar-refractivity contribution in [3.05, 3.63) is 22.4 Å². The number of aliphatic carboxylic acids is 1. The molecular weight excluding hydrogens is 252 g/mol. The summed E-state index contributed by atoms with van der Waals surface area (Å²) in [5.41, 5.74) is 0. The van der Waals surface area contributed by atoms with E-state index in [-0.39, 0.29) is 12.6 Å². The molecule has 5 nitrogen and oxygen atoms in total. The Balaban J connectivity index is 2.64. The Kier molecular flexibility index (Phi) is 5.21. The average molecular weight is 266 g/mol. The third-order valence-electron chi connectivity index (χ3n) is 2.18. The summed E-state index contributed by atoms with van der Waals surface area (Å²) in [6.45, 7) is 0.0366. The number of hydrogen-bond donors (Lipinski definition) is 1. The van der Waals surface area contributed by atoms with Gasteiger partial charge in [0.15, 0.2) is 0 Å². The molecule has 1 N–H and O–H groups in total. The van der Waals surface area contributed by atoms with Crippen LogP contribution in [0, 0.1) is 12.3 Å². The third kappa shape index (κ3) is 4.11. The molecule has 0 aliphatic rings. The van der Waals surface area contributed by atoms with Crippen LogP contribution in [0.1, 0.15) is 4.88 Å². The van der Waals surface area contributed by atoms with Crippen LogP contribution >= 0.6 is 11.3 Å². The number of hydrogen-bond acceptors (Lipinski definition) is 3. The first-order valence-corrected chi connectivity index (χ1v) is 6.10. The van der Waals surface area contributed by atoms with Crippen LogP contribution in [0.15, 0.2) is 17.5 Å². The highest BCUT2D eigenvalue weighted by Crippen LogP contribution is 2.11. The predicted molar refractivity (Wildman–Crippen MR) is 69.2 cm³/mol. The summed E-state index contributed by atoms with van der Waals surface area (Å²) in [6, 6.07) is 3.43. The maximum atomic E-state index is 12.0. The van der Waals surface area contributed by atoms with E-state index in [1.807, 2.05) is 17.5 Å². The number of terminal acetylenes is 1. The summed E-state index contributed by atoms with van der Waals surface area (Å²) in [5, 5.41) is 10.6.